The molecule has 0 N–H and O–H groups in total. The number of hydrogen-bond donors (Lipinski definition) is 0. The fraction of sp³-hybridized carbons (Fsp3) is 0.417. The lowest BCUT2D eigenvalue weighted by Crippen LogP contribution is -2.03. The van der Waals surface area contributed by atoms with Gasteiger partial charge in [0.25, 0.3) is 0 Å². The zero-order valence-corrected chi connectivity index (χ0v) is 10.8. The minimum absolute atomic E-state index is 0.0648. The molecule has 0 heterocycles. The molecule has 0 aliphatic heterocycles. The maximum Gasteiger partial charge on any atom is 0.134 e. The van der Waals surface area contributed by atoms with Crippen molar-refractivity contribution in [2.24, 2.45) is 0 Å². The number of rotatable bonds is 4. The minimum atomic E-state index is -1.04. The summed E-state index contributed by atoms with van der Waals surface area (Å²) in [5.74, 6) is 0.747. The average molecular weight is 240 g/mol. The van der Waals surface area contributed by atoms with Crippen LogP contribution in [0.3, 0.4) is 0 Å². The van der Waals surface area contributed by atoms with Crippen molar-refractivity contribution in [3.63, 3.8) is 0 Å². The Morgan fingerprint density at radius 2 is 2.06 bits per heavy atom. The highest BCUT2D eigenvalue weighted by Crippen LogP contribution is 2.25. The highest BCUT2D eigenvalue weighted by molar-refractivity contribution is 7.84. The first kappa shape index (κ1) is 12.9. The number of Topliss-reactive ketones (excluding diaryl/α,β-unsaturated/α-hetero) is 1. The first-order valence-corrected chi connectivity index (χ1v) is 6.52. The fourth-order valence-corrected chi connectivity index (χ4v) is 2.43. The van der Waals surface area contributed by atoms with Gasteiger partial charge in [0.1, 0.15) is 11.5 Å². The first-order chi connectivity index (χ1) is 7.45. The summed E-state index contributed by atoms with van der Waals surface area (Å²) < 4.78 is 16.7. The molecule has 88 valence electrons. The Hall–Kier alpha value is -1.16. The second-order valence-electron chi connectivity index (χ2n) is 3.76. The molecule has 0 saturated carbocycles. The molecule has 16 heavy (non-hydrogen) atoms. The van der Waals surface area contributed by atoms with Crippen LogP contribution in [0.25, 0.3) is 0 Å². The smallest absolute Gasteiger partial charge is 0.134 e. The average Bonchev–Trinajstić information content (AvgIpc) is 2.18. The van der Waals surface area contributed by atoms with Crippen LogP contribution in [0.2, 0.25) is 0 Å². The van der Waals surface area contributed by atoms with E-state index in [0.717, 1.165) is 16.0 Å². The van der Waals surface area contributed by atoms with Crippen LogP contribution >= 0.6 is 0 Å². The number of methoxy groups -OCH3 is 1. The van der Waals surface area contributed by atoms with Gasteiger partial charge in [0.05, 0.1) is 17.9 Å². The van der Waals surface area contributed by atoms with E-state index in [9.17, 15) is 9.00 Å². The minimum Gasteiger partial charge on any atom is -0.496 e. The zero-order valence-electron chi connectivity index (χ0n) is 9.99. The molecule has 1 atom stereocenters. The third kappa shape index (κ3) is 2.92. The van der Waals surface area contributed by atoms with Gasteiger partial charge < -0.3 is 4.74 Å². The van der Waals surface area contributed by atoms with Crippen LogP contribution in [0.15, 0.2) is 17.0 Å². The van der Waals surface area contributed by atoms with E-state index in [1.807, 2.05) is 13.0 Å². The van der Waals surface area contributed by atoms with Crippen LogP contribution in [0.4, 0.5) is 0 Å². The molecule has 0 fully saturated rings. The van der Waals surface area contributed by atoms with E-state index >= 15 is 0 Å². The third-order valence-electron chi connectivity index (χ3n) is 2.33. The molecular weight excluding hydrogens is 224 g/mol. The summed E-state index contributed by atoms with van der Waals surface area (Å²) in [6, 6.07) is 3.63. The predicted molar refractivity (Wildman–Crippen MR) is 64.4 cm³/mol. The molecule has 0 aliphatic carbocycles. The largest absolute Gasteiger partial charge is 0.496 e. The molecule has 3 nitrogen and oxygen atoms in total. The van der Waals surface area contributed by atoms with E-state index < -0.39 is 10.8 Å². The van der Waals surface area contributed by atoms with Crippen molar-refractivity contribution < 1.29 is 13.7 Å². The monoisotopic (exact) mass is 240 g/mol. The van der Waals surface area contributed by atoms with Gasteiger partial charge in [-0.3, -0.25) is 9.00 Å². The molecule has 1 aromatic carbocycles. The molecule has 0 radical (unpaired) electrons. The van der Waals surface area contributed by atoms with Crippen molar-refractivity contribution in [3.8, 4) is 5.75 Å². The van der Waals surface area contributed by atoms with Crippen LogP contribution in [0.5, 0.6) is 5.75 Å². The maximum atomic E-state index is 11.5. The van der Waals surface area contributed by atoms with Crippen molar-refractivity contribution >= 4 is 16.6 Å². The van der Waals surface area contributed by atoms with Crippen LogP contribution in [0.1, 0.15) is 18.1 Å². The summed E-state index contributed by atoms with van der Waals surface area (Å²) in [6.45, 7) is 3.42. The summed E-state index contributed by atoms with van der Waals surface area (Å²) in [4.78, 5) is 11.9. The summed E-state index contributed by atoms with van der Waals surface area (Å²) in [5, 5.41) is 0. The van der Waals surface area contributed by atoms with Crippen molar-refractivity contribution in [3.05, 3.63) is 23.3 Å². The first-order valence-electron chi connectivity index (χ1n) is 4.96. The molecule has 0 aliphatic rings. The van der Waals surface area contributed by atoms with Crippen LogP contribution in [-0.4, -0.2) is 23.4 Å². The predicted octanol–water partition coefficient (Wildman–Crippen LogP) is 1.87. The van der Waals surface area contributed by atoms with Gasteiger partial charge in [-0.2, -0.15) is 0 Å². The number of benzene rings is 1. The molecule has 0 amide bonds. The summed E-state index contributed by atoms with van der Waals surface area (Å²) in [7, 11) is 0.528. The Kier molecular flexibility index (Phi) is 4.24. The van der Waals surface area contributed by atoms with Crippen LogP contribution < -0.4 is 4.74 Å². The molecule has 0 saturated heterocycles. The van der Waals surface area contributed by atoms with Gasteiger partial charge in [0.15, 0.2) is 0 Å². The number of carbonyl (C=O) groups is 1. The normalized spacial score (nSPS) is 12.2. The molecule has 4 heteroatoms. The lowest BCUT2D eigenvalue weighted by atomic mass is 10.1. The molecule has 0 aromatic heterocycles. The summed E-state index contributed by atoms with van der Waals surface area (Å²) >= 11 is 0. The number of aryl methyl sites for hydroxylation is 1. The standard InChI is InChI=1S/C12H16O3S/c1-8-5-11(15-3)10(6-9(2)13)7-12(8)16(4)14/h5,7H,6H2,1-4H3. The van der Waals surface area contributed by atoms with Crippen molar-refractivity contribution in [2.75, 3.05) is 13.4 Å². The molecular formula is C12H16O3S. The second-order valence-corrected chi connectivity index (χ2v) is 5.11. The van der Waals surface area contributed by atoms with E-state index in [1.54, 1.807) is 19.4 Å². The van der Waals surface area contributed by atoms with Gasteiger partial charge in [-0.1, -0.05) is 0 Å². The van der Waals surface area contributed by atoms with E-state index in [4.69, 9.17) is 4.74 Å². The zero-order chi connectivity index (χ0) is 12.3. The highest BCUT2D eigenvalue weighted by Gasteiger charge is 2.11. The van der Waals surface area contributed by atoms with Gasteiger partial charge in [-0.05, 0) is 31.5 Å². The number of ether oxygens (including phenoxy) is 1. The number of carbonyl (C=O) groups excluding carboxylic acids is 1. The van der Waals surface area contributed by atoms with Gasteiger partial charge in [0, 0.05) is 23.1 Å². The Morgan fingerprint density at radius 1 is 1.44 bits per heavy atom. The second kappa shape index (κ2) is 5.25. The van der Waals surface area contributed by atoms with Gasteiger partial charge in [0.2, 0.25) is 0 Å². The molecule has 0 bridgehead atoms. The van der Waals surface area contributed by atoms with Crippen LogP contribution in [0, 0.1) is 6.92 Å². The Morgan fingerprint density at radius 3 is 2.50 bits per heavy atom. The van der Waals surface area contributed by atoms with Crippen LogP contribution in [-0.2, 0) is 22.0 Å². The molecule has 0 spiro atoms. The summed E-state index contributed by atoms with van der Waals surface area (Å²) in [5.41, 5.74) is 1.72. The fourth-order valence-electron chi connectivity index (χ4n) is 1.61. The SMILES string of the molecule is COc1cc(C)c(S(C)=O)cc1CC(C)=O. The quantitative estimate of drug-likeness (QED) is 0.807. The maximum absolute atomic E-state index is 11.5. The van der Waals surface area contributed by atoms with Crippen molar-refractivity contribution in [1.82, 2.24) is 0 Å². The van der Waals surface area contributed by atoms with E-state index in [0.29, 0.717) is 12.2 Å². The Bertz CT molecular complexity index is 438. The van der Waals surface area contributed by atoms with E-state index in [-0.39, 0.29) is 5.78 Å². The topological polar surface area (TPSA) is 43.4 Å². The van der Waals surface area contributed by atoms with E-state index in [2.05, 4.69) is 0 Å². The lowest BCUT2D eigenvalue weighted by molar-refractivity contribution is -0.116. The van der Waals surface area contributed by atoms with Crippen molar-refractivity contribution in [2.45, 2.75) is 25.2 Å². The number of ketones is 1. The Labute approximate surface area is 98.3 Å². The van der Waals surface area contributed by atoms with E-state index in [1.165, 1.54) is 6.92 Å². The van der Waals surface area contributed by atoms with Crippen molar-refractivity contribution in [1.29, 1.82) is 0 Å². The number of hydrogen-bond acceptors (Lipinski definition) is 3. The Balaban J connectivity index is 3.28. The molecule has 1 rings (SSSR count). The molecule has 1 unspecified atom stereocenters. The third-order valence-corrected chi connectivity index (χ3v) is 3.39. The van der Waals surface area contributed by atoms with Gasteiger partial charge in [-0.15, -0.1) is 0 Å². The van der Waals surface area contributed by atoms with Gasteiger partial charge in [-0.25, -0.2) is 0 Å². The lowest BCUT2D eigenvalue weighted by Gasteiger charge is -2.11. The highest BCUT2D eigenvalue weighted by atomic mass is 32.2. The summed E-state index contributed by atoms with van der Waals surface area (Å²) in [6.07, 6.45) is 1.94. The molecule has 1 aromatic rings. The van der Waals surface area contributed by atoms with Gasteiger partial charge >= 0.3 is 0 Å².